The number of carbonyl (C=O) groups excluding carboxylic acids is 3. The molecular formula is C28H29ClN4O5S. The van der Waals surface area contributed by atoms with Crippen LogP contribution in [-0.2, 0) is 19.6 Å². The number of benzene rings is 2. The Kier molecular flexibility index (Phi) is 7.59. The van der Waals surface area contributed by atoms with Crippen LogP contribution < -0.4 is 0 Å². The topological polar surface area (TPSA) is 108 Å². The molecule has 3 heterocycles. The number of nitrogens with zero attached hydrogens (tertiary/aromatic N) is 4. The van der Waals surface area contributed by atoms with Crippen LogP contribution in [0.3, 0.4) is 0 Å². The van der Waals surface area contributed by atoms with Crippen molar-refractivity contribution in [2.24, 2.45) is 0 Å². The van der Waals surface area contributed by atoms with Crippen LogP contribution in [0.2, 0.25) is 5.02 Å². The number of sulfonamides is 1. The number of likely N-dealkylation sites (tertiary alicyclic amines) is 2. The Morgan fingerprint density at radius 1 is 1.00 bits per heavy atom. The van der Waals surface area contributed by atoms with Gasteiger partial charge < -0.3 is 9.80 Å². The SMILES string of the molecule is C[C@@H](C(=O)N1CCCCC1)N1CC[C@H](N(C(=O)c2ccccn2)S(=O)(=O)c2ccc3cc(Cl)ccc3c2)C1=O. The third kappa shape index (κ3) is 5.23. The van der Waals surface area contributed by atoms with Crippen molar-refractivity contribution in [2.75, 3.05) is 19.6 Å². The van der Waals surface area contributed by atoms with Crippen molar-refractivity contribution in [3.8, 4) is 0 Å². The van der Waals surface area contributed by atoms with E-state index in [9.17, 15) is 22.8 Å². The fourth-order valence-electron chi connectivity index (χ4n) is 5.29. The third-order valence-electron chi connectivity index (χ3n) is 7.40. The van der Waals surface area contributed by atoms with E-state index in [4.69, 9.17) is 11.6 Å². The molecule has 2 aromatic carbocycles. The maximum absolute atomic E-state index is 14.1. The molecule has 39 heavy (non-hydrogen) atoms. The zero-order chi connectivity index (χ0) is 27.7. The summed E-state index contributed by atoms with van der Waals surface area (Å²) >= 11 is 6.07. The molecule has 2 aliphatic rings. The van der Waals surface area contributed by atoms with E-state index in [1.165, 1.54) is 29.3 Å². The normalized spacial score (nSPS) is 18.8. The monoisotopic (exact) mass is 568 g/mol. The highest BCUT2D eigenvalue weighted by Crippen LogP contribution is 2.30. The summed E-state index contributed by atoms with van der Waals surface area (Å²) in [4.78, 5) is 47.6. The Balaban J connectivity index is 1.50. The molecule has 0 aliphatic carbocycles. The fourth-order valence-corrected chi connectivity index (χ4v) is 7.06. The van der Waals surface area contributed by atoms with E-state index >= 15 is 0 Å². The van der Waals surface area contributed by atoms with Crippen molar-refractivity contribution in [2.45, 2.75) is 49.6 Å². The first kappa shape index (κ1) is 27.1. The lowest BCUT2D eigenvalue weighted by Gasteiger charge is -2.33. The molecule has 0 unspecified atom stereocenters. The highest BCUT2D eigenvalue weighted by atomic mass is 35.5. The van der Waals surface area contributed by atoms with Crippen LogP contribution in [0.1, 0.15) is 43.1 Å². The first-order chi connectivity index (χ1) is 18.7. The van der Waals surface area contributed by atoms with Gasteiger partial charge in [-0.05, 0) is 79.8 Å². The summed E-state index contributed by atoms with van der Waals surface area (Å²) in [7, 11) is -4.49. The van der Waals surface area contributed by atoms with Crippen molar-refractivity contribution in [3.05, 3.63) is 71.5 Å². The zero-order valence-corrected chi connectivity index (χ0v) is 23.1. The van der Waals surface area contributed by atoms with Gasteiger partial charge in [0.25, 0.3) is 15.9 Å². The molecule has 5 rings (SSSR count). The van der Waals surface area contributed by atoms with Gasteiger partial charge >= 0.3 is 0 Å². The molecule has 0 saturated carbocycles. The summed E-state index contributed by atoms with van der Waals surface area (Å²) in [5.74, 6) is -1.64. The Hall–Kier alpha value is -3.50. The molecule has 0 bridgehead atoms. The molecule has 0 N–H and O–H groups in total. The lowest BCUT2D eigenvalue weighted by molar-refractivity contribution is -0.144. The van der Waals surface area contributed by atoms with Gasteiger partial charge in [-0.25, -0.2) is 12.7 Å². The fraction of sp³-hybridized carbons (Fsp3) is 0.357. The zero-order valence-electron chi connectivity index (χ0n) is 21.5. The van der Waals surface area contributed by atoms with E-state index in [-0.39, 0.29) is 29.5 Å². The smallest absolute Gasteiger partial charge is 0.286 e. The number of amides is 3. The van der Waals surface area contributed by atoms with E-state index < -0.39 is 33.9 Å². The molecule has 2 aliphatic heterocycles. The van der Waals surface area contributed by atoms with Gasteiger partial charge in [-0.2, -0.15) is 0 Å². The number of halogens is 1. The van der Waals surface area contributed by atoms with Crippen molar-refractivity contribution < 1.29 is 22.8 Å². The first-order valence-electron chi connectivity index (χ1n) is 13.0. The molecule has 11 heteroatoms. The minimum absolute atomic E-state index is 0.0669. The van der Waals surface area contributed by atoms with Crippen LogP contribution in [-0.4, -0.2) is 76.9 Å². The number of aromatic nitrogens is 1. The van der Waals surface area contributed by atoms with Gasteiger partial charge in [0, 0.05) is 30.9 Å². The maximum atomic E-state index is 14.1. The summed E-state index contributed by atoms with van der Waals surface area (Å²) in [6, 6.07) is 12.0. The summed E-state index contributed by atoms with van der Waals surface area (Å²) in [6.07, 6.45) is 4.35. The summed E-state index contributed by atoms with van der Waals surface area (Å²) in [5.41, 5.74) is -0.0997. The van der Waals surface area contributed by atoms with Gasteiger partial charge in [-0.15, -0.1) is 0 Å². The lowest BCUT2D eigenvalue weighted by atomic mass is 10.1. The average Bonchev–Trinajstić information content (AvgIpc) is 3.33. The van der Waals surface area contributed by atoms with Gasteiger partial charge in [0.2, 0.25) is 11.8 Å². The number of piperidine rings is 1. The van der Waals surface area contributed by atoms with Crippen LogP contribution in [0.15, 0.2) is 65.7 Å². The molecule has 3 aromatic rings. The van der Waals surface area contributed by atoms with Crippen LogP contribution >= 0.6 is 11.6 Å². The van der Waals surface area contributed by atoms with Gasteiger partial charge in [-0.3, -0.25) is 19.4 Å². The number of pyridine rings is 1. The van der Waals surface area contributed by atoms with Gasteiger partial charge in [-0.1, -0.05) is 29.8 Å². The summed E-state index contributed by atoms with van der Waals surface area (Å²) in [5, 5.41) is 1.86. The maximum Gasteiger partial charge on any atom is 0.286 e. The molecule has 0 radical (unpaired) electrons. The molecule has 3 amide bonds. The minimum Gasteiger partial charge on any atom is -0.341 e. The molecule has 1 aromatic heterocycles. The summed E-state index contributed by atoms with van der Waals surface area (Å²) in [6.45, 7) is 3.09. The first-order valence-corrected chi connectivity index (χ1v) is 14.8. The second-order valence-corrected chi connectivity index (χ2v) is 12.1. The van der Waals surface area contributed by atoms with Crippen LogP contribution in [0.4, 0.5) is 0 Å². The third-order valence-corrected chi connectivity index (χ3v) is 9.42. The number of rotatable bonds is 6. The Morgan fingerprint density at radius 3 is 2.44 bits per heavy atom. The van der Waals surface area contributed by atoms with Gasteiger partial charge in [0.15, 0.2) is 0 Å². The summed E-state index contributed by atoms with van der Waals surface area (Å²) < 4.78 is 28.8. The van der Waals surface area contributed by atoms with E-state index in [2.05, 4.69) is 4.98 Å². The Bertz CT molecular complexity index is 1530. The quantitative estimate of drug-likeness (QED) is 0.448. The van der Waals surface area contributed by atoms with E-state index in [1.54, 1.807) is 48.2 Å². The second kappa shape index (κ2) is 10.9. The number of fused-ring (bicyclic) bond motifs is 1. The Morgan fingerprint density at radius 2 is 1.72 bits per heavy atom. The van der Waals surface area contributed by atoms with Crippen molar-refractivity contribution in [3.63, 3.8) is 0 Å². The molecule has 0 spiro atoms. The number of carbonyl (C=O) groups is 3. The highest BCUT2D eigenvalue weighted by molar-refractivity contribution is 7.89. The van der Waals surface area contributed by atoms with E-state index in [0.29, 0.717) is 27.8 Å². The molecule has 2 saturated heterocycles. The molecule has 9 nitrogen and oxygen atoms in total. The van der Waals surface area contributed by atoms with Crippen LogP contribution in [0, 0.1) is 0 Å². The van der Waals surface area contributed by atoms with Gasteiger partial charge in [0.05, 0.1) is 4.90 Å². The van der Waals surface area contributed by atoms with Crippen molar-refractivity contribution in [1.82, 2.24) is 19.1 Å². The minimum atomic E-state index is -4.49. The Labute approximate surface area is 232 Å². The van der Waals surface area contributed by atoms with Crippen molar-refractivity contribution >= 4 is 50.1 Å². The lowest BCUT2D eigenvalue weighted by Crippen LogP contribution is -2.53. The predicted molar refractivity (Wildman–Crippen MR) is 147 cm³/mol. The van der Waals surface area contributed by atoms with Crippen molar-refractivity contribution in [1.29, 1.82) is 0 Å². The number of hydrogen-bond donors (Lipinski definition) is 0. The molecule has 204 valence electrons. The van der Waals surface area contributed by atoms with Crippen LogP contribution in [0.5, 0.6) is 0 Å². The second-order valence-electron chi connectivity index (χ2n) is 9.87. The number of hydrogen-bond acceptors (Lipinski definition) is 6. The largest absolute Gasteiger partial charge is 0.341 e. The van der Waals surface area contributed by atoms with E-state index in [1.807, 2.05) is 0 Å². The average molecular weight is 569 g/mol. The molecular weight excluding hydrogens is 540 g/mol. The standard InChI is InChI=1S/C28H29ClN4O5S/c1-19(26(34)31-14-5-2-6-15-31)32-16-12-25(28(32)36)33(27(35)24-7-3-4-13-30-24)39(37,38)23-11-9-20-17-22(29)10-8-21(20)18-23/h3-4,7-11,13,17-19,25H,2,5-6,12,14-16H2,1H3/t19-,25-/m0/s1. The van der Waals surface area contributed by atoms with Crippen LogP contribution in [0.25, 0.3) is 10.8 Å². The highest BCUT2D eigenvalue weighted by Gasteiger charge is 2.47. The van der Waals surface area contributed by atoms with Gasteiger partial charge in [0.1, 0.15) is 17.8 Å². The predicted octanol–water partition coefficient (Wildman–Crippen LogP) is 3.72. The molecule has 2 atom stereocenters. The van der Waals surface area contributed by atoms with E-state index in [0.717, 1.165) is 24.6 Å². The molecule has 2 fully saturated rings.